The van der Waals surface area contributed by atoms with E-state index in [2.05, 4.69) is 43.1 Å². The number of nitrogens with zero attached hydrogens (tertiary/aromatic N) is 1. The summed E-state index contributed by atoms with van der Waals surface area (Å²) in [7, 11) is 4.03. The van der Waals surface area contributed by atoms with Crippen molar-refractivity contribution in [2.24, 2.45) is 10.8 Å². The quantitative estimate of drug-likeness (QED) is 0.0277. The molecule has 0 aromatic carbocycles. The highest BCUT2D eigenvalue weighted by atomic mass is 16.5. The maximum atomic E-state index is 12.7. The van der Waals surface area contributed by atoms with Crippen LogP contribution in [-0.4, -0.2) is 62.8 Å². The minimum absolute atomic E-state index is 0.0952. The Kier molecular flexibility index (Phi) is 31.0. The Hall–Kier alpha value is -2.15. The number of hydrogen-bond acceptors (Lipinski definition) is 7. The van der Waals surface area contributed by atoms with Crippen molar-refractivity contribution in [3.05, 3.63) is 24.3 Å². The number of unbranched alkanes of at least 4 members (excludes halogenated alkanes) is 12. The average molecular weight is 734 g/mol. The third-order valence-corrected chi connectivity index (χ3v) is 9.86. The van der Waals surface area contributed by atoms with E-state index in [0.29, 0.717) is 19.6 Å². The Morgan fingerprint density at radius 3 is 1.40 bits per heavy atom. The second-order valence-corrected chi connectivity index (χ2v) is 16.5. The predicted molar refractivity (Wildman–Crippen MR) is 218 cm³/mol. The lowest BCUT2D eigenvalue weighted by Gasteiger charge is -2.23. The van der Waals surface area contributed by atoms with E-state index in [0.717, 1.165) is 103 Å². The molecule has 0 rings (SSSR count). The normalized spacial score (nSPS) is 12.4. The first kappa shape index (κ1) is 49.9. The van der Waals surface area contributed by atoms with Crippen molar-refractivity contribution in [1.29, 1.82) is 0 Å². The highest BCUT2D eigenvalue weighted by Gasteiger charge is 2.29. The second-order valence-electron chi connectivity index (χ2n) is 16.5. The molecule has 7 nitrogen and oxygen atoms in total. The summed E-state index contributed by atoms with van der Waals surface area (Å²) < 4.78 is 17.2. The van der Waals surface area contributed by atoms with Crippen LogP contribution in [0.4, 0.5) is 0 Å². The number of allylic oxidation sites excluding steroid dienone is 2. The summed E-state index contributed by atoms with van der Waals surface area (Å²) in [5, 5.41) is 0. The first-order valence-corrected chi connectivity index (χ1v) is 21.3. The van der Waals surface area contributed by atoms with Crippen LogP contribution in [0, 0.1) is 10.8 Å². The fourth-order valence-electron chi connectivity index (χ4n) is 6.16. The first-order valence-electron chi connectivity index (χ1n) is 21.3. The molecule has 0 spiro atoms. The predicted octanol–water partition coefficient (Wildman–Crippen LogP) is 12.1. The van der Waals surface area contributed by atoms with Crippen molar-refractivity contribution in [1.82, 2.24) is 4.90 Å². The van der Waals surface area contributed by atoms with E-state index in [1.807, 2.05) is 41.8 Å². The van der Waals surface area contributed by atoms with Crippen molar-refractivity contribution >= 4 is 17.9 Å². The molecular formula is C45H83NO6. The molecule has 0 aliphatic carbocycles. The van der Waals surface area contributed by atoms with E-state index >= 15 is 0 Å². The van der Waals surface area contributed by atoms with Crippen LogP contribution in [0.15, 0.2) is 24.3 Å². The van der Waals surface area contributed by atoms with E-state index in [9.17, 15) is 14.4 Å². The van der Waals surface area contributed by atoms with Crippen LogP contribution in [0.5, 0.6) is 0 Å². The lowest BCUT2D eigenvalue weighted by Crippen LogP contribution is -2.27. The van der Waals surface area contributed by atoms with Gasteiger partial charge < -0.3 is 19.1 Å². The minimum Gasteiger partial charge on any atom is -0.465 e. The molecule has 0 N–H and O–H groups in total. The van der Waals surface area contributed by atoms with Crippen LogP contribution in [-0.2, 0) is 28.6 Å². The van der Waals surface area contributed by atoms with Crippen LogP contribution in [0.25, 0.3) is 0 Å². The summed E-state index contributed by atoms with van der Waals surface area (Å²) in [6.07, 6.45) is 32.6. The standard InChI is InChI=1S/C45H83NO6/c1-9-11-13-15-17-19-21-29-38-50-42(48)44(3,4)35-27-23-25-32-40(52-41(47)34-31-37-46(7)8)33-26-24-28-36-45(5,6)43(49)51-39-30-22-20-18-16-14-12-10-2/h19-22,40H,9-18,23-39H2,1-8H3/b21-19-,22-20-. The summed E-state index contributed by atoms with van der Waals surface area (Å²) in [6, 6.07) is 0. The lowest BCUT2D eigenvalue weighted by molar-refractivity contribution is -0.155. The fourth-order valence-corrected chi connectivity index (χ4v) is 6.16. The van der Waals surface area contributed by atoms with Crippen LogP contribution >= 0.6 is 0 Å². The molecule has 0 amide bonds. The molecule has 0 unspecified atom stereocenters. The summed E-state index contributed by atoms with van der Waals surface area (Å²) in [4.78, 5) is 40.2. The van der Waals surface area contributed by atoms with Crippen molar-refractivity contribution in [3.63, 3.8) is 0 Å². The Morgan fingerprint density at radius 1 is 0.558 bits per heavy atom. The fraction of sp³-hybridized carbons (Fsp3) is 0.844. The molecule has 0 aliphatic rings. The topological polar surface area (TPSA) is 82.1 Å². The molecule has 0 saturated heterocycles. The van der Waals surface area contributed by atoms with Crippen LogP contribution < -0.4 is 0 Å². The molecule has 0 fully saturated rings. The molecule has 304 valence electrons. The average Bonchev–Trinajstić information content (AvgIpc) is 3.09. The first-order chi connectivity index (χ1) is 24.9. The van der Waals surface area contributed by atoms with Crippen molar-refractivity contribution < 1.29 is 28.6 Å². The molecule has 0 aliphatic heterocycles. The van der Waals surface area contributed by atoms with Gasteiger partial charge >= 0.3 is 17.9 Å². The van der Waals surface area contributed by atoms with Gasteiger partial charge in [-0.2, -0.15) is 0 Å². The van der Waals surface area contributed by atoms with Crippen LogP contribution in [0.1, 0.15) is 196 Å². The van der Waals surface area contributed by atoms with Crippen molar-refractivity contribution in [2.75, 3.05) is 33.9 Å². The van der Waals surface area contributed by atoms with Crippen LogP contribution in [0.2, 0.25) is 0 Å². The lowest BCUT2D eigenvalue weighted by atomic mass is 9.86. The molecule has 0 heterocycles. The number of hydrogen-bond donors (Lipinski definition) is 0. The second kappa shape index (κ2) is 32.3. The van der Waals surface area contributed by atoms with Gasteiger partial charge in [0.25, 0.3) is 0 Å². The van der Waals surface area contributed by atoms with E-state index in [4.69, 9.17) is 14.2 Å². The van der Waals surface area contributed by atoms with Gasteiger partial charge in [0.15, 0.2) is 0 Å². The van der Waals surface area contributed by atoms with E-state index in [-0.39, 0.29) is 24.0 Å². The molecule has 52 heavy (non-hydrogen) atoms. The number of carbonyl (C=O) groups excluding carboxylic acids is 3. The third-order valence-electron chi connectivity index (χ3n) is 9.86. The summed E-state index contributed by atoms with van der Waals surface area (Å²) in [6.45, 7) is 14.1. The van der Waals surface area contributed by atoms with Crippen molar-refractivity contribution in [2.45, 2.75) is 202 Å². The summed E-state index contributed by atoms with van der Waals surface area (Å²) >= 11 is 0. The Balaban J connectivity index is 4.56. The molecule has 0 bridgehead atoms. The summed E-state index contributed by atoms with van der Waals surface area (Å²) in [5.41, 5.74) is -1.01. The van der Waals surface area contributed by atoms with E-state index < -0.39 is 10.8 Å². The zero-order valence-corrected chi connectivity index (χ0v) is 35.4. The largest absolute Gasteiger partial charge is 0.465 e. The smallest absolute Gasteiger partial charge is 0.311 e. The number of esters is 3. The van der Waals surface area contributed by atoms with Crippen molar-refractivity contribution in [3.8, 4) is 0 Å². The van der Waals surface area contributed by atoms with Gasteiger partial charge in [-0.1, -0.05) is 102 Å². The summed E-state index contributed by atoms with van der Waals surface area (Å²) in [5.74, 6) is -0.353. The Morgan fingerprint density at radius 2 is 0.981 bits per heavy atom. The Bertz CT molecular complexity index is 891. The van der Waals surface area contributed by atoms with Gasteiger partial charge in [-0.3, -0.25) is 14.4 Å². The van der Waals surface area contributed by atoms with Gasteiger partial charge in [0.1, 0.15) is 6.10 Å². The highest BCUT2D eigenvalue weighted by molar-refractivity contribution is 5.76. The molecule has 0 saturated carbocycles. The van der Waals surface area contributed by atoms with E-state index in [1.165, 1.54) is 51.4 Å². The Labute approximate surface area is 321 Å². The van der Waals surface area contributed by atoms with Gasteiger partial charge in [0, 0.05) is 6.42 Å². The van der Waals surface area contributed by atoms with E-state index in [1.54, 1.807) is 0 Å². The number of ether oxygens (including phenoxy) is 3. The monoisotopic (exact) mass is 734 g/mol. The van der Waals surface area contributed by atoms with Crippen LogP contribution in [0.3, 0.4) is 0 Å². The van der Waals surface area contributed by atoms with Gasteiger partial charge in [-0.05, 0) is 132 Å². The molecule has 0 aromatic heterocycles. The number of rotatable bonds is 35. The van der Waals surface area contributed by atoms with Gasteiger partial charge in [0.05, 0.1) is 24.0 Å². The molecule has 7 heteroatoms. The number of carbonyl (C=O) groups is 3. The molecule has 0 atom stereocenters. The SMILES string of the molecule is CCCCCC/C=C\CCOC(=O)C(C)(C)CCCCCC(CCCCCC(C)(C)C(=O)OCC/C=C\CCCCCC)OC(=O)CCCN(C)C. The highest BCUT2D eigenvalue weighted by Crippen LogP contribution is 2.28. The zero-order valence-electron chi connectivity index (χ0n) is 35.4. The van der Waals surface area contributed by atoms with Gasteiger partial charge in [-0.15, -0.1) is 0 Å². The molecule has 0 radical (unpaired) electrons. The maximum Gasteiger partial charge on any atom is 0.311 e. The minimum atomic E-state index is -0.507. The zero-order chi connectivity index (χ0) is 38.9. The van der Waals surface area contributed by atoms with Gasteiger partial charge in [0.2, 0.25) is 0 Å². The third kappa shape index (κ3) is 29.3. The maximum absolute atomic E-state index is 12.7. The molecular weight excluding hydrogens is 650 g/mol. The van der Waals surface area contributed by atoms with Gasteiger partial charge in [-0.25, -0.2) is 0 Å². The molecule has 0 aromatic rings.